The Labute approximate surface area is 150 Å². The number of carbonyl (C=O) groups excluding carboxylic acids is 2. The fourth-order valence-corrected chi connectivity index (χ4v) is 3.31. The molecular formula is C17H20ClNO4S. The number of likely N-dealkylation sites (N-methyl/N-ethyl adjacent to an activating group) is 1. The molecule has 130 valence electrons. The fraction of sp³-hybridized carbons (Fsp3) is 0.412. The van der Waals surface area contributed by atoms with Crippen molar-refractivity contribution in [1.29, 1.82) is 0 Å². The van der Waals surface area contributed by atoms with Gasteiger partial charge in [0.25, 0.3) is 11.1 Å². The number of benzene rings is 1. The van der Waals surface area contributed by atoms with Crippen molar-refractivity contribution in [3.63, 3.8) is 0 Å². The summed E-state index contributed by atoms with van der Waals surface area (Å²) < 4.78 is 11.2. The molecule has 7 heteroatoms. The highest BCUT2D eigenvalue weighted by Gasteiger charge is 2.33. The van der Waals surface area contributed by atoms with Crippen molar-refractivity contribution in [3.05, 3.63) is 27.6 Å². The fourth-order valence-electron chi connectivity index (χ4n) is 2.15. The van der Waals surface area contributed by atoms with Crippen LogP contribution in [-0.4, -0.2) is 35.8 Å². The summed E-state index contributed by atoms with van der Waals surface area (Å²) in [6, 6.07) is 3.44. The van der Waals surface area contributed by atoms with Crippen molar-refractivity contribution < 1.29 is 19.1 Å². The SMILES string of the molecule is CC[C@H](C)Oc1c(Cl)cc(/C=C2/SC(=O)N(CC)C2=O)cc1OC. The lowest BCUT2D eigenvalue weighted by Crippen LogP contribution is -2.27. The molecule has 2 rings (SSSR count). The average Bonchev–Trinajstić information content (AvgIpc) is 2.82. The number of carbonyl (C=O) groups is 2. The van der Waals surface area contributed by atoms with Gasteiger partial charge >= 0.3 is 0 Å². The molecule has 1 aromatic carbocycles. The van der Waals surface area contributed by atoms with Crippen LogP contribution in [0.2, 0.25) is 5.02 Å². The molecule has 1 fully saturated rings. The zero-order chi connectivity index (χ0) is 17.9. The van der Waals surface area contributed by atoms with Crippen LogP contribution in [0.15, 0.2) is 17.0 Å². The summed E-state index contributed by atoms with van der Waals surface area (Å²) in [5.41, 5.74) is 0.676. The zero-order valence-electron chi connectivity index (χ0n) is 14.1. The minimum atomic E-state index is -0.289. The third kappa shape index (κ3) is 3.87. The zero-order valence-corrected chi connectivity index (χ0v) is 15.7. The molecule has 5 nitrogen and oxygen atoms in total. The van der Waals surface area contributed by atoms with Gasteiger partial charge in [-0.25, -0.2) is 0 Å². The Morgan fingerprint density at radius 1 is 1.33 bits per heavy atom. The lowest BCUT2D eigenvalue weighted by molar-refractivity contribution is -0.122. The van der Waals surface area contributed by atoms with Gasteiger partial charge < -0.3 is 9.47 Å². The van der Waals surface area contributed by atoms with Gasteiger partial charge in [-0.2, -0.15) is 0 Å². The van der Waals surface area contributed by atoms with Crippen molar-refractivity contribution in [2.24, 2.45) is 0 Å². The first-order chi connectivity index (χ1) is 11.4. The van der Waals surface area contributed by atoms with E-state index < -0.39 is 0 Å². The third-order valence-electron chi connectivity index (χ3n) is 3.63. The molecule has 1 atom stereocenters. The largest absolute Gasteiger partial charge is 0.493 e. The predicted molar refractivity (Wildman–Crippen MR) is 96.7 cm³/mol. The van der Waals surface area contributed by atoms with Crippen molar-refractivity contribution in [3.8, 4) is 11.5 Å². The molecule has 0 N–H and O–H groups in total. The van der Waals surface area contributed by atoms with Gasteiger partial charge in [0.1, 0.15) is 0 Å². The summed E-state index contributed by atoms with van der Waals surface area (Å²) in [7, 11) is 1.53. The monoisotopic (exact) mass is 369 g/mol. The predicted octanol–water partition coefficient (Wildman–Crippen LogP) is 4.58. The average molecular weight is 370 g/mol. The maximum atomic E-state index is 12.2. The molecule has 1 aromatic rings. The Bertz CT molecular complexity index is 689. The Morgan fingerprint density at radius 2 is 2.04 bits per heavy atom. The van der Waals surface area contributed by atoms with Crippen molar-refractivity contribution >= 4 is 40.6 Å². The van der Waals surface area contributed by atoms with Crippen LogP contribution in [-0.2, 0) is 4.79 Å². The number of rotatable bonds is 6. The van der Waals surface area contributed by atoms with E-state index >= 15 is 0 Å². The number of amides is 2. The number of imide groups is 1. The molecule has 24 heavy (non-hydrogen) atoms. The van der Waals surface area contributed by atoms with E-state index in [-0.39, 0.29) is 17.3 Å². The minimum Gasteiger partial charge on any atom is -0.493 e. The summed E-state index contributed by atoms with van der Waals surface area (Å²) >= 11 is 7.24. The highest BCUT2D eigenvalue weighted by atomic mass is 35.5. The molecule has 1 saturated heterocycles. The standard InChI is InChI=1S/C17H20ClNO4S/c1-5-10(3)23-15-12(18)7-11(8-13(15)22-4)9-14-16(20)19(6-2)17(21)24-14/h7-10H,5-6H2,1-4H3/b14-9+/t10-/m0/s1. The molecule has 0 radical (unpaired) electrons. The summed E-state index contributed by atoms with van der Waals surface area (Å²) in [6.07, 6.45) is 2.48. The molecule has 0 saturated carbocycles. The first-order valence-electron chi connectivity index (χ1n) is 7.70. The third-order valence-corrected chi connectivity index (χ3v) is 4.82. The second kappa shape index (κ2) is 7.94. The van der Waals surface area contributed by atoms with Crippen LogP contribution in [0.3, 0.4) is 0 Å². The van der Waals surface area contributed by atoms with Crippen LogP contribution in [0.25, 0.3) is 6.08 Å². The molecule has 1 aliphatic rings. The Balaban J connectivity index is 2.36. The van der Waals surface area contributed by atoms with Crippen molar-refractivity contribution in [1.82, 2.24) is 4.90 Å². The number of halogens is 1. The van der Waals surface area contributed by atoms with Crippen molar-refractivity contribution in [2.75, 3.05) is 13.7 Å². The van der Waals surface area contributed by atoms with E-state index in [9.17, 15) is 9.59 Å². The Morgan fingerprint density at radius 3 is 2.58 bits per heavy atom. The molecule has 1 aliphatic heterocycles. The molecule has 0 bridgehead atoms. The van der Waals surface area contributed by atoms with E-state index in [4.69, 9.17) is 21.1 Å². The number of hydrogen-bond donors (Lipinski definition) is 0. The quantitative estimate of drug-likeness (QED) is 0.687. The summed E-state index contributed by atoms with van der Waals surface area (Å²) in [5, 5.41) is 0.138. The van der Waals surface area contributed by atoms with Gasteiger partial charge in [0.05, 0.1) is 23.1 Å². The van der Waals surface area contributed by atoms with Gasteiger partial charge in [0, 0.05) is 6.54 Å². The normalized spacial score (nSPS) is 17.5. The first-order valence-corrected chi connectivity index (χ1v) is 8.90. The van der Waals surface area contributed by atoms with Gasteiger partial charge in [-0.15, -0.1) is 0 Å². The van der Waals surface area contributed by atoms with Crippen LogP contribution in [0, 0.1) is 0 Å². The number of thioether (sulfide) groups is 1. The summed E-state index contributed by atoms with van der Waals surface area (Å²) in [4.78, 5) is 25.5. The highest BCUT2D eigenvalue weighted by molar-refractivity contribution is 8.18. The molecule has 0 aliphatic carbocycles. The second-order valence-corrected chi connectivity index (χ2v) is 6.70. The van der Waals surface area contributed by atoms with Crippen LogP contribution in [0.4, 0.5) is 4.79 Å². The van der Waals surface area contributed by atoms with Gasteiger partial charge in [-0.3, -0.25) is 14.5 Å². The topological polar surface area (TPSA) is 55.8 Å². The number of methoxy groups -OCH3 is 1. The first kappa shape index (κ1) is 18.7. The number of hydrogen-bond acceptors (Lipinski definition) is 5. The van der Waals surface area contributed by atoms with E-state index in [2.05, 4.69) is 0 Å². The Hall–Kier alpha value is -1.66. The molecule has 0 aromatic heterocycles. The van der Waals surface area contributed by atoms with Gasteiger partial charge in [-0.1, -0.05) is 18.5 Å². The maximum absolute atomic E-state index is 12.2. The number of nitrogens with zero attached hydrogens (tertiary/aromatic N) is 1. The van der Waals surface area contributed by atoms with Crippen molar-refractivity contribution in [2.45, 2.75) is 33.3 Å². The maximum Gasteiger partial charge on any atom is 0.293 e. The molecule has 2 amide bonds. The lowest BCUT2D eigenvalue weighted by Gasteiger charge is -2.17. The van der Waals surface area contributed by atoms with E-state index in [1.807, 2.05) is 13.8 Å². The highest BCUT2D eigenvalue weighted by Crippen LogP contribution is 2.39. The van der Waals surface area contributed by atoms with Crippen LogP contribution in [0.5, 0.6) is 11.5 Å². The van der Waals surface area contributed by atoms with E-state index in [0.29, 0.717) is 33.5 Å². The minimum absolute atomic E-state index is 0.00306. The van der Waals surface area contributed by atoms with Crippen LogP contribution in [0.1, 0.15) is 32.8 Å². The van der Waals surface area contributed by atoms with Gasteiger partial charge in [0.15, 0.2) is 11.5 Å². The van der Waals surface area contributed by atoms with E-state index in [0.717, 1.165) is 18.2 Å². The molecule has 0 unspecified atom stereocenters. The molecule has 0 spiro atoms. The second-order valence-electron chi connectivity index (χ2n) is 5.30. The lowest BCUT2D eigenvalue weighted by atomic mass is 10.1. The van der Waals surface area contributed by atoms with Gasteiger partial charge in [-0.05, 0) is 55.8 Å². The van der Waals surface area contributed by atoms with Crippen LogP contribution < -0.4 is 9.47 Å². The van der Waals surface area contributed by atoms with Crippen LogP contribution >= 0.6 is 23.4 Å². The van der Waals surface area contributed by atoms with Gasteiger partial charge in [0.2, 0.25) is 0 Å². The molecule has 1 heterocycles. The Kier molecular flexibility index (Phi) is 6.18. The smallest absolute Gasteiger partial charge is 0.293 e. The summed E-state index contributed by atoms with van der Waals surface area (Å²) in [6.45, 7) is 6.09. The van der Waals surface area contributed by atoms with E-state index in [1.54, 1.807) is 25.1 Å². The molecular weight excluding hydrogens is 350 g/mol. The van der Waals surface area contributed by atoms with E-state index in [1.165, 1.54) is 12.0 Å². The number of ether oxygens (including phenoxy) is 2. The summed E-state index contributed by atoms with van der Waals surface area (Å²) in [5.74, 6) is 0.679.